The SMILES string of the molecule is CCOC(=O)c1sc(C(C)NC(=NC)NCCCCn2ccccc2=O)nc1C. The van der Waals surface area contributed by atoms with Crippen molar-refractivity contribution in [1.82, 2.24) is 20.2 Å². The van der Waals surface area contributed by atoms with Crippen molar-refractivity contribution in [3.8, 4) is 0 Å². The van der Waals surface area contributed by atoms with Gasteiger partial charge in [0.1, 0.15) is 9.88 Å². The molecular formula is C20H29N5O3S. The average Bonchev–Trinajstić information content (AvgIpc) is 3.10. The molecule has 1 atom stereocenters. The zero-order chi connectivity index (χ0) is 21.2. The van der Waals surface area contributed by atoms with E-state index in [1.54, 1.807) is 36.9 Å². The summed E-state index contributed by atoms with van der Waals surface area (Å²) in [6, 6.07) is 5.08. The summed E-state index contributed by atoms with van der Waals surface area (Å²) in [5.74, 6) is 0.334. The Morgan fingerprint density at radius 1 is 1.38 bits per heavy atom. The third-order valence-electron chi connectivity index (χ3n) is 4.24. The van der Waals surface area contributed by atoms with Crippen LogP contribution in [0.25, 0.3) is 0 Å². The Hall–Kier alpha value is -2.68. The molecule has 8 nitrogen and oxygen atoms in total. The molecule has 0 saturated carbocycles. The molecule has 0 spiro atoms. The number of nitrogens with zero attached hydrogens (tertiary/aromatic N) is 3. The lowest BCUT2D eigenvalue weighted by atomic mass is 10.3. The number of ether oxygens (including phenoxy) is 1. The predicted octanol–water partition coefficient (Wildman–Crippen LogP) is 2.50. The Morgan fingerprint density at radius 3 is 2.86 bits per heavy atom. The summed E-state index contributed by atoms with van der Waals surface area (Å²) in [5.41, 5.74) is 0.698. The molecule has 0 fully saturated rings. The highest BCUT2D eigenvalue weighted by Crippen LogP contribution is 2.24. The quantitative estimate of drug-likeness (QED) is 0.280. The summed E-state index contributed by atoms with van der Waals surface area (Å²) in [6.45, 7) is 7.34. The molecule has 1 unspecified atom stereocenters. The minimum Gasteiger partial charge on any atom is -0.462 e. The van der Waals surface area contributed by atoms with Gasteiger partial charge in [-0.25, -0.2) is 9.78 Å². The van der Waals surface area contributed by atoms with Crippen LogP contribution in [0.4, 0.5) is 0 Å². The number of guanidine groups is 1. The highest BCUT2D eigenvalue weighted by atomic mass is 32.1. The molecule has 0 amide bonds. The second-order valence-electron chi connectivity index (χ2n) is 6.49. The Labute approximate surface area is 175 Å². The van der Waals surface area contributed by atoms with Gasteiger partial charge in [-0.05, 0) is 39.7 Å². The molecule has 158 valence electrons. The Balaban J connectivity index is 1.80. The first kappa shape index (κ1) is 22.6. The summed E-state index contributed by atoms with van der Waals surface area (Å²) in [5, 5.41) is 7.37. The van der Waals surface area contributed by atoms with Crippen molar-refractivity contribution >= 4 is 23.3 Å². The molecule has 29 heavy (non-hydrogen) atoms. The molecule has 2 heterocycles. The highest BCUT2D eigenvalue weighted by Gasteiger charge is 2.20. The first-order valence-electron chi connectivity index (χ1n) is 9.73. The number of thiazole rings is 1. The van der Waals surface area contributed by atoms with Gasteiger partial charge < -0.3 is 19.9 Å². The van der Waals surface area contributed by atoms with E-state index < -0.39 is 0 Å². The predicted molar refractivity (Wildman–Crippen MR) is 116 cm³/mol. The highest BCUT2D eigenvalue weighted by molar-refractivity contribution is 7.13. The average molecular weight is 420 g/mol. The summed E-state index contributed by atoms with van der Waals surface area (Å²) >= 11 is 1.34. The molecule has 0 bridgehead atoms. The van der Waals surface area contributed by atoms with Crippen LogP contribution in [-0.4, -0.2) is 41.7 Å². The van der Waals surface area contributed by atoms with Gasteiger partial charge in [-0.3, -0.25) is 9.79 Å². The fourth-order valence-corrected chi connectivity index (χ4v) is 3.67. The first-order chi connectivity index (χ1) is 14.0. The number of hydrogen-bond acceptors (Lipinski definition) is 6. The molecule has 0 radical (unpaired) electrons. The molecule has 0 aliphatic rings. The zero-order valence-corrected chi connectivity index (χ0v) is 18.2. The van der Waals surface area contributed by atoms with E-state index in [-0.39, 0.29) is 17.6 Å². The molecule has 0 aromatic carbocycles. The van der Waals surface area contributed by atoms with Crippen LogP contribution < -0.4 is 16.2 Å². The first-order valence-corrected chi connectivity index (χ1v) is 10.5. The van der Waals surface area contributed by atoms with Crippen LogP contribution in [0.2, 0.25) is 0 Å². The number of pyridine rings is 1. The molecule has 0 saturated heterocycles. The number of rotatable bonds is 9. The maximum atomic E-state index is 12.0. The fourth-order valence-electron chi connectivity index (χ4n) is 2.71. The van der Waals surface area contributed by atoms with E-state index in [9.17, 15) is 9.59 Å². The fraction of sp³-hybridized carbons (Fsp3) is 0.500. The van der Waals surface area contributed by atoms with Gasteiger partial charge in [0.05, 0.1) is 18.3 Å². The van der Waals surface area contributed by atoms with E-state index in [1.807, 2.05) is 19.9 Å². The molecule has 9 heteroatoms. The van der Waals surface area contributed by atoms with Crippen LogP contribution in [0.15, 0.2) is 34.2 Å². The van der Waals surface area contributed by atoms with Crippen molar-refractivity contribution in [2.45, 2.75) is 46.2 Å². The lowest BCUT2D eigenvalue weighted by Crippen LogP contribution is -2.39. The van der Waals surface area contributed by atoms with Crippen LogP contribution in [0, 0.1) is 6.92 Å². The van der Waals surface area contributed by atoms with Gasteiger partial charge in [0, 0.05) is 32.4 Å². The van der Waals surface area contributed by atoms with Crippen molar-refractivity contribution in [2.24, 2.45) is 4.99 Å². The zero-order valence-electron chi connectivity index (χ0n) is 17.4. The van der Waals surface area contributed by atoms with Crippen molar-refractivity contribution in [3.63, 3.8) is 0 Å². The second-order valence-corrected chi connectivity index (χ2v) is 7.52. The molecule has 2 aromatic rings. The van der Waals surface area contributed by atoms with Crippen LogP contribution in [0.3, 0.4) is 0 Å². The number of carbonyl (C=O) groups excluding carboxylic acids is 1. The van der Waals surface area contributed by atoms with E-state index in [0.29, 0.717) is 29.7 Å². The second kappa shape index (κ2) is 11.4. The largest absolute Gasteiger partial charge is 0.462 e. The summed E-state index contributed by atoms with van der Waals surface area (Å²) in [4.78, 5) is 32.9. The third kappa shape index (κ3) is 6.70. The Kier molecular flexibility index (Phi) is 8.85. The van der Waals surface area contributed by atoms with Gasteiger partial charge in [0.25, 0.3) is 0 Å². The van der Waals surface area contributed by atoms with Crippen molar-refractivity contribution in [3.05, 3.63) is 50.3 Å². The third-order valence-corrected chi connectivity index (χ3v) is 5.56. The molecule has 0 aliphatic carbocycles. The van der Waals surface area contributed by atoms with Crippen LogP contribution in [0.5, 0.6) is 0 Å². The number of esters is 1. The van der Waals surface area contributed by atoms with Crippen molar-refractivity contribution < 1.29 is 9.53 Å². The number of aliphatic imine (C=N–C) groups is 1. The van der Waals surface area contributed by atoms with E-state index in [1.165, 1.54) is 11.3 Å². The maximum Gasteiger partial charge on any atom is 0.350 e. The number of unbranched alkanes of at least 4 members (excludes halogenated alkanes) is 1. The molecule has 2 rings (SSSR count). The van der Waals surface area contributed by atoms with Crippen LogP contribution in [-0.2, 0) is 11.3 Å². The lowest BCUT2D eigenvalue weighted by Gasteiger charge is -2.16. The van der Waals surface area contributed by atoms with Crippen molar-refractivity contribution in [2.75, 3.05) is 20.2 Å². The Bertz CT molecular complexity index is 890. The van der Waals surface area contributed by atoms with E-state index >= 15 is 0 Å². The number of aryl methyl sites for hydroxylation is 2. The van der Waals surface area contributed by atoms with Gasteiger partial charge in [-0.1, -0.05) is 6.07 Å². The van der Waals surface area contributed by atoms with Gasteiger partial charge in [-0.15, -0.1) is 11.3 Å². The van der Waals surface area contributed by atoms with E-state index in [0.717, 1.165) is 24.4 Å². The molecule has 2 aromatic heterocycles. The van der Waals surface area contributed by atoms with Gasteiger partial charge >= 0.3 is 5.97 Å². The summed E-state index contributed by atoms with van der Waals surface area (Å²) in [6.07, 6.45) is 3.59. The number of carbonyl (C=O) groups is 1. The van der Waals surface area contributed by atoms with Gasteiger partial charge in [0.15, 0.2) is 5.96 Å². The number of hydrogen-bond donors (Lipinski definition) is 2. The number of aromatic nitrogens is 2. The standard InChI is InChI=1S/C20H29N5O3S/c1-5-28-19(27)17-14(2)23-18(29-17)15(3)24-20(21-4)22-11-7-9-13-25-12-8-6-10-16(25)26/h6,8,10,12,15H,5,7,9,11,13H2,1-4H3,(H2,21,22,24). The minimum absolute atomic E-state index is 0.0210. The van der Waals surface area contributed by atoms with E-state index in [2.05, 4.69) is 20.6 Å². The van der Waals surface area contributed by atoms with E-state index in [4.69, 9.17) is 4.74 Å². The number of nitrogens with one attached hydrogen (secondary N) is 2. The summed E-state index contributed by atoms with van der Waals surface area (Å²) < 4.78 is 6.78. The molecular weight excluding hydrogens is 390 g/mol. The van der Waals surface area contributed by atoms with Crippen LogP contribution in [0.1, 0.15) is 53.1 Å². The topological polar surface area (TPSA) is 97.6 Å². The smallest absolute Gasteiger partial charge is 0.350 e. The molecule has 0 aliphatic heterocycles. The van der Waals surface area contributed by atoms with Crippen LogP contribution >= 0.6 is 11.3 Å². The summed E-state index contributed by atoms with van der Waals surface area (Å²) in [7, 11) is 1.71. The van der Waals surface area contributed by atoms with Gasteiger partial charge in [-0.2, -0.15) is 0 Å². The van der Waals surface area contributed by atoms with Crippen molar-refractivity contribution in [1.29, 1.82) is 0 Å². The lowest BCUT2D eigenvalue weighted by molar-refractivity contribution is 0.0531. The Morgan fingerprint density at radius 2 is 2.17 bits per heavy atom. The minimum atomic E-state index is -0.332. The molecule has 2 N–H and O–H groups in total. The monoisotopic (exact) mass is 419 g/mol. The normalized spacial score (nSPS) is 12.5. The maximum absolute atomic E-state index is 12.0. The van der Waals surface area contributed by atoms with Gasteiger partial charge in [0.2, 0.25) is 5.56 Å².